The summed E-state index contributed by atoms with van der Waals surface area (Å²) in [6.07, 6.45) is 2.91. The zero-order valence-corrected chi connectivity index (χ0v) is 10.4. The summed E-state index contributed by atoms with van der Waals surface area (Å²) < 4.78 is 5.45. The summed E-state index contributed by atoms with van der Waals surface area (Å²) in [5, 5.41) is 3.41. The van der Waals surface area contributed by atoms with Crippen LogP contribution in [0.5, 0.6) is 0 Å². The van der Waals surface area contributed by atoms with Crippen molar-refractivity contribution in [1.82, 2.24) is 10.3 Å². The standard InChI is InChI=1S/C12H22N2O/c1-9-8-14-11(15-9)10(2)13-7-6-12(3,4)5/h8,10,13H,6-7H2,1-5H3. The monoisotopic (exact) mass is 210 g/mol. The Bertz CT molecular complexity index is 299. The Morgan fingerprint density at radius 3 is 2.60 bits per heavy atom. The van der Waals surface area contributed by atoms with E-state index in [0.29, 0.717) is 5.41 Å². The Labute approximate surface area is 92.3 Å². The van der Waals surface area contributed by atoms with Gasteiger partial charge in [0.2, 0.25) is 5.89 Å². The molecule has 86 valence electrons. The van der Waals surface area contributed by atoms with Gasteiger partial charge >= 0.3 is 0 Å². The first-order chi connectivity index (χ1) is 6.88. The van der Waals surface area contributed by atoms with E-state index in [1.54, 1.807) is 6.20 Å². The second-order valence-electron chi connectivity index (χ2n) is 5.30. The van der Waals surface area contributed by atoms with Gasteiger partial charge in [-0.1, -0.05) is 20.8 Å². The smallest absolute Gasteiger partial charge is 0.211 e. The van der Waals surface area contributed by atoms with Crippen LogP contribution in [0.25, 0.3) is 0 Å². The molecular weight excluding hydrogens is 188 g/mol. The second kappa shape index (κ2) is 4.79. The SMILES string of the molecule is Cc1cnc(C(C)NCCC(C)(C)C)o1. The lowest BCUT2D eigenvalue weighted by molar-refractivity contribution is 0.340. The summed E-state index contributed by atoms with van der Waals surface area (Å²) >= 11 is 0. The Morgan fingerprint density at radius 2 is 2.13 bits per heavy atom. The molecule has 0 radical (unpaired) electrons. The van der Waals surface area contributed by atoms with Crippen LogP contribution in [0, 0.1) is 12.3 Å². The first-order valence-corrected chi connectivity index (χ1v) is 5.54. The van der Waals surface area contributed by atoms with Gasteiger partial charge in [-0.3, -0.25) is 0 Å². The number of aryl methyl sites for hydroxylation is 1. The lowest BCUT2D eigenvalue weighted by atomic mass is 9.92. The van der Waals surface area contributed by atoms with Crippen LogP contribution in [0.3, 0.4) is 0 Å². The van der Waals surface area contributed by atoms with Crippen LogP contribution in [0.4, 0.5) is 0 Å². The molecule has 3 nitrogen and oxygen atoms in total. The fourth-order valence-electron chi connectivity index (χ4n) is 1.32. The molecule has 0 aliphatic rings. The highest BCUT2D eigenvalue weighted by atomic mass is 16.4. The molecule has 1 aromatic rings. The lowest BCUT2D eigenvalue weighted by Gasteiger charge is -2.19. The van der Waals surface area contributed by atoms with E-state index in [9.17, 15) is 0 Å². The van der Waals surface area contributed by atoms with Crippen molar-refractivity contribution in [3.63, 3.8) is 0 Å². The van der Waals surface area contributed by atoms with Crippen LogP contribution in [0.15, 0.2) is 10.6 Å². The van der Waals surface area contributed by atoms with Gasteiger partial charge in [0.25, 0.3) is 0 Å². The molecular formula is C12H22N2O. The molecule has 1 unspecified atom stereocenters. The molecule has 1 rings (SSSR count). The summed E-state index contributed by atoms with van der Waals surface area (Å²) in [6.45, 7) is 11.7. The molecule has 0 saturated carbocycles. The highest BCUT2D eigenvalue weighted by molar-refractivity contribution is 4.94. The number of rotatable bonds is 4. The van der Waals surface area contributed by atoms with Gasteiger partial charge in [0.05, 0.1) is 12.2 Å². The van der Waals surface area contributed by atoms with Gasteiger partial charge in [0.15, 0.2) is 0 Å². The Kier molecular flexibility index (Phi) is 3.91. The first kappa shape index (κ1) is 12.2. The molecule has 0 aliphatic carbocycles. The molecule has 1 heterocycles. The van der Waals surface area contributed by atoms with Gasteiger partial charge in [-0.25, -0.2) is 4.98 Å². The minimum Gasteiger partial charge on any atom is -0.444 e. The Balaban J connectivity index is 2.34. The summed E-state index contributed by atoms with van der Waals surface area (Å²) in [5.41, 5.74) is 0.374. The number of oxazole rings is 1. The molecule has 1 aromatic heterocycles. The Morgan fingerprint density at radius 1 is 1.47 bits per heavy atom. The summed E-state index contributed by atoms with van der Waals surface area (Å²) in [7, 11) is 0. The molecule has 0 fully saturated rings. The van der Waals surface area contributed by atoms with Crippen molar-refractivity contribution < 1.29 is 4.42 Å². The third kappa shape index (κ3) is 4.47. The maximum Gasteiger partial charge on any atom is 0.211 e. The van der Waals surface area contributed by atoms with Crippen molar-refractivity contribution >= 4 is 0 Å². The van der Waals surface area contributed by atoms with Crippen molar-refractivity contribution in [3.8, 4) is 0 Å². The van der Waals surface area contributed by atoms with Gasteiger partial charge in [-0.05, 0) is 32.2 Å². The highest BCUT2D eigenvalue weighted by Gasteiger charge is 2.13. The van der Waals surface area contributed by atoms with Crippen LogP contribution < -0.4 is 5.32 Å². The molecule has 0 spiro atoms. The molecule has 15 heavy (non-hydrogen) atoms. The van der Waals surface area contributed by atoms with Gasteiger partial charge < -0.3 is 9.73 Å². The van der Waals surface area contributed by atoms with E-state index in [1.165, 1.54) is 0 Å². The topological polar surface area (TPSA) is 38.1 Å². The zero-order valence-electron chi connectivity index (χ0n) is 10.4. The molecule has 0 saturated heterocycles. The van der Waals surface area contributed by atoms with E-state index in [1.807, 2.05) is 6.92 Å². The average Bonchev–Trinajstić information content (AvgIpc) is 2.49. The lowest BCUT2D eigenvalue weighted by Crippen LogP contribution is -2.23. The van der Waals surface area contributed by atoms with Crippen molar-refractivity contribution in [3.05, 3.63) is 17.8 Å². The van der Waals surface area contributed by atoms with E-state index in [2.05, 4.69) is 38.0 Å². The van der Waals surface area contributed by atoms with Gasteiger partial charge in [0, 0.05) is 0 Å². The fraction of sp³-hybridized carbons (Fsp3) is 0.750. The number of nitrogens with zero attached hydrogens (tertiary/aromatic N) is 1. The molecule has 1 N–H and O–H groups in total. The molecule has 0 aromatic carbocycles. The summed E-state index contributed by atoms with van der Waals surface area (Å²) in [4.78, 5) is 4.20. The summed E-state index contributed by atoms with van der Waals surface area (Å²) in [5.74, 6) is 1.65. The van der Waals surface area contributed by atoms with E-state index >= 15 is 0 Å². The maximum atomic E-state index is 5.45. The zero-order chi connectivity index (χ0) is 11.5. The van der Waals surface area contributed by atoms with Crippen LogP contribution in [0.1, 0.15) is 51.8 Å². The van der Waals surface area contributed by atoms with Gasteiger partial charge in [0.1, 0.15) is 5.76 Å². The number of nitrogens with one attached hydrogen (secondary N) is 1. The molecule has 3 heteroatoms. The van der Waals surface area contributed by atoms with Gasteiger partial charge in [-0.15, -0.1) is 0 Å². The van der Waals surface area contributed by atoms with Crippen LogP contribution in [-0.2, 0) is 0 Å². The third-order valence-corrected chi connectivity index (χ3v) is 2.34. The van der Waals surface area contributed by atoms with Crippen molar-refractivity contribution in [2.24, 2.45) is 5.41 Å². The van der Waals surface area contributed by atoms with E-state index < -0.39 is 0 Å². The van der Waals surface area contributed by atoms with Crippen molar-refractivity contribution in [2.75, 3.05) is 6.54 Å². The molecule has 0 bridgehead atoms. The van der Waals surface area contributed by atoms with E-state index in [0.717, 1.165) is 24.6 Å². The van der Waals surface area contributed by atoms with Crippen LogP contribution >= 0.6 is 0 Å². The molecule has 0 amide bonds. The van der Waals surface area contributed by atoms with E-state index in [-0.39, 0.29) is 6.04 Å². The predicted molar refractivity (Wildman–Crippen MR) is 61.7 cm³/mol. The average molecular weight is 210 g/mol. The largest absolute Gasteiger partial charge is 0.444 e. The van der Waals surface area contributed by atoms with Gasteiger partial charge in [-0.2, -0.15) is 0 Å². The van der Waals surface area contributed by atoms with Crippen LogP contribution in [-0.4, -0.2) is 11.5 Å². The number of hydrogen-bond acceptors (Lipinski definition) is 3. The molecule has 0 aliphatic heterocycles. The minimum atomic E-state index is 0.195. The van der Waals surface area contributed by atoms with Crippen molar-refractivity contribution in [1.29, 1.82) is 0 Å². The first-order valence-electron chi connectivity index (χ1n) is 5.54. The molecule has 1 atom stereocenters. The quantitative estimate of drug-likeness (QED) is 0.830. The number of aromatic nitrogens is 1. The third-order valence-electron chi connectivity index (χ3n) is 2.34. The number of hydrogen-bond donors (Lipinski definition) is 1. The summed E-state index contributed by atoms with van der Waals surface area (Å²) in [6, 6.07) is 0.195. The van der Waals surface area contributed by atoms with E-state index in [4.69, 9.17) is 4.42 Å². The minimum absolute atomic E-state index is 0.195. The highest BCUT2D eigenvalue weighted by Crippen LogP contribution is 2.18. The second-order valence-corrected chi connectivity index (χ2v) is 5.30. The fourth-order valence-corrected chi connectivity index (χ4v) is 1.32. The maximum absolute atomic E-state index is 5.45. The van der Waals surface area contributed by atoms with Crippen molar-refractivity contribution in [2.45, 2.75) is 47.1 Å². The predicted octanol–water partition coefficient (Wildman–Crippen LogP) is 3.07. The normalized spacial score (nSPS) is 14.2. The Hall–Kier alpha value is -0.830. The van der Waals surface area contributed by atoms with Crippen LogP contribution in [0.2, 0.25) is 0 Å².